The molecule has 3 aromatic rings. The van der Waals surface area contributed by atoms with Crippen LogP contribution >= 0.6 is 22.9 Å². The average molecular weight is 431 g/mol. The van der Waals surface area contributed by atoms with Gasteiger partial charge in [-0.15, -0.1) is 11.3 Å². The summed E-state index contributed by atoms with van der Waals surface area (Å²) in [6.45, 7) is 5.83. The molecule has 2 heterocycles. The van der Waals surface area contributed by atoms with Gasteiger partial charge in [0, 0.05) is 34.9 Å². The summed E-state index contributed by atoms with van der Waals surface area (Å²) >= 11 is 7.50. The summed E-state index contributed by atoms with van der Waals surface area (Å²) < 4.78 is 12.3. The number of thiophene rings is 1. The van der Waals surface area contributed by atoms with E-state index in [4.69, 9.17) is 21.1 Å². The number of carbonyl (C=O) groups excluding carboxylic acids is 1. The van der Waals surface area contributed by atoms with E-state index < -0.39 is 0 Å². The third-order valence-electron chi connectivity index (χ3n) is 4.25. The summed E-state index contributed by atoms with van der Waals surface area (Å²) in [7, 11) is 0. The molecule has 1 aromatic carbocycles. The van der Waals surface area contributed by atoms with Crippen LogP contribution in [0.1, 0.15) is 34.6 Å². The standard InChI is InChI=1S/C22H23ClN2O3S/c1-3-25(14-18-8-10-21(23)29-18)22(26)17-7-9-19(20(12-17)27-4-2)28-15-16-6-5-11-24-13-16/h5-13H,3-4,14-15H2,1-2H3. The van der Waals surface area contributed by atoms with E-state index in [0.717, 1.165) is 14.8 Å². The van der Waals surface area contributed by atoms with Gasteiger partial charge in [-0.25, -0.2) is 0 Å². The molecule has 152 valence electrons. The smallest absolute Gasteiger partial charge is 0.254 e. The molecule has 29 heavy (non-hydrogen) atoms. The van der Waals surface area contributed by atoms with Crippen molar-refractivity contribution in [2.75, 3.05) is 13.2 Å². The fourth-order valence-corrected chi connectivity index (χ4v) is 3.91. The van der Waals surface area contributed by atoms with E-state index in [9.17, 15) is 4.79 Å². The number of carbonyl (C=O) groups is 1. The zero-order valence-electron chi connectivity index (χ0n) is 16.4. The summed E-state index contributed by atoms with van der Waals surface area (Å²) in [5.41, 5.74) is 1.52. The molecule has 5 nitrogen and oxygen atoms in total. The summed E-state index contributed by atoms with van der Waals surface area (Å²) in [5, 5.41) is 0. The number of rotatable bonds is 9. The van der Waals surface area contributed by atoms with Gasteiger partial charge in [0.15, 0.2) is 11.5 Å². The number of pyridine rings is 1. The Bertz CT molecular complexity index is 946. The topological polar surface area (TPSA) is 51.7 Å². The van der Waals surface area contributed by atoms with Crippen molar-refractivity contribution in [3.8, 4) is 11.5 Å². The molecular weight excluding hydrogens is 408 g/mol. The lowest BCUT2D eigenvalue weighted by Crippen LogP contribution is -2.30. The first-order valence-corrected chi connectivity index (χ1v) is 10.6. The molecule has 0 saturated heterocycles. The van der Waals surface area contributed by atoms with Gasteiger partial charge in [0.2, 0.25) is 0 Å². The molecule has 0 saturated carbocycles. The van der Waals surface area contributed by atoms with Crippen LogP contribution < -0.4 is 9.47 Å². The largest absolute Gasteiger partial charge is 0.490 e. The van der Waals surface area contributed by atoms with Gasteiger partial charge in [-0.3, -0.25) is 9.78 Å². The van der Waals surface area contributed by atoms with Crippen LogP contribution in [0.2, 0.25) is 4.34 Å². The van der Waals surface area contributed by atoms with Crippen molar-refractivity contribution in [1.82, 2.24) is 9.88 Å². The van der Waals surface area contributed by atoms with Crippen molar-refractivity contribution in [2.24, 2.45) is 0 Å². The van der Waals surface area contributed by atoms with E-state index in [0.29, 0.717) is 43.4 Å². The van der Waals surface area contributed by atoms with E-state index >= 15 is 0 Å². The second-order valence-corrected chi connectivity index (χ2v) is 8.07. The molecule has 3 rings (SSSR count). The maximum Gasteiger partial charge on any atom is 0.254 e. The Hall–Kier alpha value is -2.57. The average Bonchev–Trinajstić information content (AvgIpc) is 3.16. The van der Waals surface area contributed by atoms with E-state index in [1.165, 1.54) is 11.3 Å². The van der Waals surface area contributed by atoms with Gasteiger partial charge in [0.1, 0.15) is 6.61 Å². The monoisotopic (exact) mass is 430 g/mol. The normalized spacial score (nSPS) is 10.6. The molecule has 0 aliphatic heterocycles. The number of hydrogen-bond acceptors (Lipinski definition) is 5. The molecular formula is C22H23ClN2O3S. The van der Waals surface area contributed by atoms with Crippen molar-refractivity contribution in [3.05, 3.63) is 75.2 Å². The second kappa shape index (κ2) is 10.3. The highest BCUT2D eigenvalue weighted by atomic mass is 35.5. The predicted octanol–water partition coefficient (Wildman–Crippen LogP) is 5.44. The number of aromatic nitrogens is 1. The predicted molar refractivity (Wildman–Crippen MR) is 116 cm³/mol. The first kappa shape index (κ1) is 21.1. The molecule has 0 radical (unpaired) electrons. The van der Waals surface area contributed by atoms with Gasteiger partial charge in [0.05, 0.1) is 17.5 Å². The Kier molecular flexibility index (Phi) is 7.49. The summed E-state index contributed by atoms with van der Waals surface area (Å²) in [6, 6.07) is 12.9. The van der Waals surface area contributed by atoms with E-state index in [-0.39, 0.29) is 5.91 Å². The van der Waals surface area contributed by atoms with Crippen LogP contribution in [0, 0.1) is 0 Å². The second-order valence-electron chi connectivity index (χ2n) is 6.27. The molecule has 0 spiro atoms. The number of halogens is 1. The zero-order valence-corrected chi connectivity index (χ0v) is 18.0. The Morgan fingerprint density at radius 3 is 2.66 bits per heavy atom. The molecule has 0 unspecified atom stereocenters. The Morgan fingerprint density at radius 1 is 1.14 bits per heavy atom. The number of nitrogens with zero attached hydrogens (tertiary/aromatic N) is 2. The van der Waals surface area contributed by atoms with Gasteiger partial charge in [-0.1, -0.05) is 17.7 Å². The third-order valence-corrected chi connectivity index (χ3v) is 5.47. The van der Waals surface area contributed by atoms with Crippen molar-refractivity contribution in [1.29, 1.82) is 0 Å². The van der Waals surface area contributed by atoms with Gasteiger partial charge >= 0.3 is 0 Å². The van der Waals surface area contributed by atoms with Crippen LogP contribution in [-0.2, 0) is 13.2 Å². The van der Waals surface area contributed by atoms with Gasteiger partial charge < -0.3 is 14.4 Å². The van der Waals surface area contributed by atoms with Crippen molar-refractivity contribution in [2.45, 2.75) is 27.0 Å². The van der Waals surface area contributed by atoms with Gasteiger partial charge in [-0.05, 0) is 50.2 Å². The zero-order chi connectivity index (χ0) is 20.6. The Labute approximate surface area is 179 Å². The van der Waals surface area contributed by atoms with Crippen LogP contribution in [0.25, 0.3) is 0 Å². The Morgan fingerprint density at radius 2 is 2.00 bits per heavy atom. The van der Waals surface area contributed by atoms with Crippen LogP contribution in [-0.4, -0.2) is 28.9 Å². The molecule has 0 atom stereocenters. The lowest BCUT2D eigenvalue weighted by molar-refractivity contribution is 0.0753. The highest BCUT2D eigenvalue weighted by Crippen LogP contribution is 2.30. The van der Waals surface area contributed by atoms with Crippen LogP contribution in [0.15, 0.2) is 54.9 Å². The minimum Gasteiger partial charge on any atom is -0.490 e. The maximum atomic E-state index is 13.0. The summed E-state index contributed by atoms with van der Waals surface area (Å²) in [6.07, 6.45) is 3.48. The highest BCUT2D eigenvalue weighted by molar-refractivity contribution is 7.16. The number of amides is 1. The molecule has 0 fully saturated rings. The third kappa shape index (κ3) is 5.71. The van der Waals surface area contributed by atoms with E-state index in [1.807, 2.05) is 38.1 Å². The molecule has 0 N–H and O–H groups in total. The maximum absolute atomic E-state index is 13.0. The fourth-order valence-electron chi connectivity index (χ4n) is 2.81. The quantitative estimate of drug-likeness (QED) is 0.453. The van der Waals surface area contributed by atoms with E-state index in [2.05, 4.69) is 4.98 Å². The first-order valence-electron chi connectivity index (χ1n) is 9.42. The summed E-state index contributed by atoms with van der Waals surface area (Å²) in [4.78, 5) is 19.9. The lowest BCUT2D eigenvalue weighted by Gasteiger charge is -2.21. The molecule has 2 aromatic heterocycles. The van der Waals surface area contributed by atoms with E-state index in [1.54, 1.807) is 35.5 Å². The SMILES string of the molecule is CCOc1cc(C(=O)N(CC)Cc2ccc(Cl)s2)ccc1OCc1cccnc1. The lowest BCUT2D eigenvalue weighted by atomic mass is 10.1. The van der Waals surface area contributed by atoms with Gasteiger partial charge in [0.25, 0.3) is 5.91 Å². The molecule has 7 heteroatoms. The minimum atomic E-state index is -0.0585. The molecule has 0 aliphatic carbocycles. The van der Waals surface area contributed by atoms with Crippen molar-refractivity contribution >= 4 is 28.8 Å². The van der Waals surface area contributed by atoms with Crippen LogP contribution in [0.5, 0.6) is 11.5 Å². The number of ether oxygens (including phenoxy) is 2. The van der Waals surface area contributed by atoms with Crippen LogP contribution in [0.3, 0.4) is 0 Å². The minimum absolute atomic E-state index is 0.0585. The first-order chi connectivity index (χ1) is 14.1. The molecule has 1 amide bonds. The number of benzene rings is 1. The highest BCUT2D eigenvalue weighted by Gasteiger charge is 2.18. The van der Waals surface area contributed by atoms with Crippen molar-refractivity contribution in [3.63, 3.8) is 0 Å². The Balaban J connectivity index is 1.75. The molecule has 0 bridgehead atoms. The fraction of sp³-hybridized carbons (Fsp3) is 0.273. The number of hydrogen-bond donors (Lipinski definition) is 0. The summed E-state index contributed by atoms with van der Waals surface area (Å²) in [5.74, 6) is 1.09. The van der Waals surface area contributed by atoms with Crippen molar-refractivity contribution < 1.29 is 14.3 Å². The van der Waals surface area contributed by atoms with Gasteiger partial charge in [-0.2, -0.15) is 0 Å². The van der Waals surface area contributed by atoms with Crippen LogP contribution in [0.4, 0.5) is 0 Å². The molecule has 0 aliphatic rings.